The molecule has 1 aromatic carbocycles. The zero-order valence-electron chi connectivity index (χ0n) is 10.3. The first-order chi connectivity index (χ1) is 9.02. The van der Waals surface area contributed by atoms with E-state index in [9.17, 15) is 9.59 Å². The Morgan fingerprint density at radius 3 is 2.58 bits per heavy atom. The fraction of sp³-hybridized carbons (Fsp3) is 0.250. The van der Waals surface area contributed by atoms with Crippen LogP contribution in [0, 0.1) is 11.3 Å². The van der Waals surface area contributed by atoms with Gasteiger partial charge in [-0.3, -0.25) is 4.79 Å². The number of ether oxygens (including phenoxy) is 1. The molecule has 1 atom stereocenters. The summed E-state index contributed by atoms with van der Waals surface area (Å²) in [4.78, 5) is 22.2. The van der Waals surface area contributed by atoms with Crippen molar-refractivity contribution < 1.29 is 14.3 Å². The number of nitriles is 1. The summed E-state index contributed by atoms with van der Waals surface area (Å²) in [5.74, 6) is 0.146. The lowest BCUT2D eigenvalue weighted by Gasteiger charge is -2.12. The number of urea groups is 1. The summed E-state index contributed by atoms with van der Waals surface area (Å²) in [5, 5.41) is 13.2. The fourth-order valence-corrected chi connectivity index (χ4v) is 1.28. The highest BCUT2D eigenvalue weighted by molar-refractivity contribution is 5.96. The van der Waals surface area contributed by atoms with E-state index >= 15 is 0 Å². The molecule has 0 spiro atoms. The van der Waals surface area contributed by atoms with Crippen LogP contribution in [0.3, 0.4) is 0 Å². The first-order valence-electron chi connectivity index (χ1n) is 5.49. The van der Waals surface area contributed by atoms with E-state index in [2.05, 4.69) is 10.6 Å². The van der Waals surface area contributed by atoms with Crippen LogP contribution < -0.4 is 21.1 Å². The first kappa shape index (κ1) is 14.3. The molecule has 4 N–H and O–H groups in total. The highest BCUT2D eigenvalue weighted by atomic mass is 16.5. The lowest BCUT2D eigenvalue weighted by Crippen LogP contribution is -2.44. The number of carbonyl (C=O) groups excluding carboxylic acids is 2. The van der Waals surface area contributed by atoms with Crippen LogP contribution in [0.2, 0.25) is 0 Å². The molecule has 0 aromatic heterocycles. The molecule has 0 aliphatic carbocycles. The summed E-state index contributed by atoms with van der Waals surface area (Å²) in [6.45, 7) is 1.48. The first-order valence-corrected chi connectivity index (χ1v) is 5.49. The Kier molecular flexibility index (Phi) is 5.17. The predicted octanol–water partition coefficient (Wildman–Crippen LogP) is 0.584. The van der Waals surface area contributed by atoms with Gasteiger partial charge in [0.2, 0.25) is 5.91 Å². The number of nitrogens with one attached hydrogen (secondary N) is 2. The molecule has 1 aromatic rings. The van der Waals surface area contributed by atoms with Crippen LogP contribution in [0.25, 0.3) is 0 Å². The van der Waals surface area contributed by atoms with E-state index in [0.717, 1.165) is 0 Å². The van der Waals surface area contributed by atoms with E-state index in [1.54, 1.807) is 24.3 Å². The topological polar surface area (TPSA) is 117 Å². The van der Waals surface area contributed by atoms with Crippen molar-refractivity contribution in [2.75, 3.05) is 11.9 Å². The molecule has 7 nitrogen and oxygen atoms in total. The van der Waals surface area contributed by atoms with Crippen LogP contribution >= 0.6 is 0 Å². The Labute approximate surface area is 110 Å². The minimum Gasteiger partial charge on any atom is -0.479 e. The molecule has 0 aliphatic heterocycles. The summed E-state index contributed by atoms with van der Waals surface area (Å²) >= 11 is 0. The van der Waals surface area contributed by atoms with Crippen molar-refractivity contribution in [2.45, 2.75) is 13.0 Å². The van der Waals surface area contributed by atoms with Crippen molar-refractivity contribution >= 4 is 17.6 Å². The van der Waals surface area contributed by atoms with E-state index in [-0.39, 0.29) is 12.5 Å². The number of anilines is 1. The fourth-order valence-electron chi connectivity index (χ4n) is 1.28. The third-order valence-corrected chi connectivity index (χ3v) is 2.18. The third kappa shape index (κ3) is 4.95. The normalized spacial score (nSPS) is 10.9. The molecule has 0 bridgehead atoms. The van der Waals surface area contributed by atoms with Crippen LogP contribution in [0.5, 0.6) is 5.75 Å². The smallest absolute Gasteiger partial charge is 0.312 e. The van der Waals surface area contributed by atoms with Gasteiger partial charge in [-0.05, 0) is 31.2 Å². The number of amides is 3. The zero-order chi connectivity index (χ0) is 14.3. The van der Waals surface area contributed by atoms with E-state index in [4.69, 9.17) is 15.7 Å². The summed E-state index contributed by atoms with van der Waals surface area (Å²) < 4.78 is 5.07. The number of benzene rings is 1. The maximum Gasteiger partial charge on any atom is 0.312 e. The molecule has 19 heavy (non-hydrogen) atoms. The molecule has 1 rings (SSSR count). The number of nitrogens with zero attached hydrogens (tertiary/aromatic N) is 1. The van der Waals surface area contributed by atoms with Crippen LogP contribution in [-0.4, -0.2) is 24.6 Å². The molecule has 7 heteroatoms. The highest BCUT2D eigenvalue weighted by Crippen LogP contribution is 2.15. The van der Waals surface area contributed by atoms with Gasteiger partial charge in [0.05, 0.1) is 0 Å². The molecular weight excluding hydrogens is 248 g/mol. The van der Waals surface area contributed by atoms with Gasteiger partial charge in [0.1, 0.15) is 17.9 Å². The van der Waals surface area contributed by atoms with Gasteiger partial charge < -0.3 is 21.1 Å². The standard InChI is InChI=1S/C12H14N4O3/c1-8(15-12(14)18)11(17)16-9-2-4-10(5-3-9)19-7-6-13/h2-5,8H,7H2,1H3,(H,16,17)(H3,14,15,18)/t8-/m1/s1. The molecule has 0 saturated heterocycles. The van der Waals surface area contributed by atoms with Crippen molar-refractivity contribution in [2.24, 2.45) is 5.73 Å². The average molecular weight is 262 g/mol. The second-order valence-electron chi connectivity index (χ2n) is 3.69. The van der Waals surface area contributed by atoms with Gasteiger partial charge >= 0.3 is 6.03 Å². The molecule has 0 aliphatic rings. The Morgan fingerprint density at radius 2 is 2.05 bits per heavy atom. The monoisotopic (exact) mass is 262 g/mol. The van der Waals surface area contributed by atoms with E-state index in [1.165, 1.54) is 6.92 Å². The Balaban J connectivity index is 2.55. The number of carbonyl (C=O) groups is 2. The van der Waals surface area contributed by atoms with Crippen molar-refractivity contribution in [3.63, 3.8) is 0 Å². The summed E-state index contributed by atoms with van der Waals surface area (Å²) in [6, 6.07) is 6.86. The van der Waals surface area contributed by atoms with Crippen molar-refractivity contribution in [3.8, 4) is 11.8 Å². The molecular formula is C12H14N4O3. The lowest BCUT2D eigenvalue weighted by atomic mass is 10.2. The minimum atomic E-state index is -0.761. The molecule has 0 saturated carbocycles. The number of hydrogen-bond donors (Lipinski definition) is 3. The van der Waals surface area contributed by atoms with Gasteiger partial charge in [-0.2, -0.15) is 5.26 Å². The van der Waals surface area contributed by atoms with Crippen molar-refractivity contribution in [3.05, 3.63) is 24.3 Å². The average Bonchev–Trinajstić information content (AvgIpc) is 2.37. The predicted molar refractivity (Wildman–Crippen MR) is 68.4 cm³/mol. The van der Waals surface area contributed by atoms with Gasteiger partial charge in [-0.25, -0.2) is 4.79 Å². The van der Waals surface area contributed by atoms with Crippen molar-refractivity contribution in [1.82, 2.24) is 5.32 Å². The molecule has 0 heterocycles. The lowest BCUT2D eigenvalue weighted by molar-refractivity contribution is -0.117. The molecule has 0 fully saturated rings. The maximum atomic E-state index is 11.6. The second kappa shape index (κ2) is 6.86. The van der Waals surface area contributed by atoms with Crippen molar-refractivity contribution in [1.29, 1.82) is 5.26 Å². The van der Waals surface area contributed by atoms with Crippen LogP contribution in [0.1, 0.15) is 6.92 Å². The zero-order valence-corrected chi connectivity index (χ0v) is 10.3. The van der Waals surface area contributed by atoms with Gasteiger partial charge in [-0.15, -0.1) is 0 Å². The van der Waals surface area contributed by atoms with Gasteiger partial charge in [0, 0.05) is 5.69 Å². The molecule has 0 unspecified atom stereocenters. The maximum absolute atomic E-state index is 11.6. The van der Waals surface area contributed by atoms with Gasteiger partial charge in [0.25, 0.3) is 0 Å². The van der Waals surface area contributed by atoms with Crippen LogP contribution in [-0.2, 0) is 4.79 Å². The number of rotatable bonds is 5. The quantitative estimate of drug-likeness (QED) is 0.719. The van der Waals surface area contributed by atoms with Gasteiger partial charge in [0.15, 0.2) is 6.61 Å². The SMILES string of the molecule is C[C@@H](NC(N)=O)C(=O)Nc1ccc(OCC#N)cc1. The second-order valence-corrected chi connectivity index (χ2v) is 3.69. The number of primary amides is 1. The van der Waals surface area contributed by atoms with E-state index < -0.39 is 12.1 Å². The summed E-state index contributed by atoms with van der Waals surface area (Å²) in [6.07, 6.45) is 0. The Morgan fingerprint density at radius 1 is 1.42 bits per heavy atom. The number of nitrogens with two attached hydrogens (primary N) is 1. The Hall–Kier alpha value is -2.75. The van der Waals surface area contributed by atoms with Crippen LogP contribution in [0.4, 0.5) is 10.5 Å². The summed E-state index contributed by atoms with van der Waals surface area (Å²) in [7, 11) is 0. The largest absolute Gasteiger partial charge is 0.479 e. The third-order valence-electron chi connectivity index (χ3n) is 2.18. The molecule has 3 amide bonds. The molecule has 0 radical (unpaired) electrons. The summed E-state index contributed by atoms with van der Waals surface area (Å²) in [5.41, 5.74) is 5.47. The highest BCUT2D eigenvalue weighted by Gasteiger charge is 2.13. The molecule has 100 valence electrons. The van der Waals surface area contributed by atoms with Gasteiger partial charge in [-0.1, -0.05) is 0 Å². The minimum absolute atomic E-state index is 0.0364. The number of hydrogen-bond acceptors (Lipinski definition) is 4. The van der Waals surface area contributed by atoms with E-state index in [1.807, 2.05) is 6.07 Å². The van der Waals surface area contributed by atoms with E-state index in [0.29, 0.717) is 11.4 Å². The Bertz CT molecular complexity index is 493. The van der Waals surface area contributed by atoms with Crippen LogP contribution in [0.15, 0.2) is 24.3 Å².